The molecule has 116 valence electrons. The van der Waals surface area contributed by atoms with Gasteiger partial charge in [0.1, 0.15) is 12.1 Å². The van der Waals surface area contributed by atoms with Crippen molar-refractivity contribution in [2.24, 2.45) is 0 Å². The first kappa shape index (κ1) is 14.9. The van der Waals surface area contributed by atoms with Crippen LogP contribution in [0.4, 0.5) is 11.5 Å². The molecule has 2 aromatic carbocycles. The Balaban J connectivity index is 1.79. The fraction of sp³-hybridized carbons (Fsp3) is 0.176. The van der Waals surface area contributed by atoms with Crippen LogP contribution in [0.25, 0.3) is 10.9 Å². The molecule has 0 aliphatic rings. The standard InChI is InChI=1S/C17H16N4O2/c1-12-5-4-7-14-16(12)17(20-11-19-14)18-10-9-13-6-2-3-8-15(13)21(22)23/h2-8,11H,9-10H2,1H3,(H,18,19,20). The molecule has 0 amide bonds. The van der Waals surface area contributed by atoms with Gasteiger partial charge in [0.2, 0.25) is 0 Å². The zero-order chi connectivity index (χ0) is 16.2. The van der Waals surface area contributed by atoms with Crippen molar-refractivity contribution in [2.75, 3.05) is 11.9 Å². The van der Waals surface area contributed by atoms with Crippen LogP contribution < -0.4 is 5.32 Å². The minimum atomic E-state index is -0.348. The molecule has 3 aromatic rings. The summed E-state index contributed by atoms with van der Waals surface area (Å²) in [6.45, 7) is 2.57. The Bertz CT molecular complexity index is 859. The van der Waals surface area contributed by atoms with Crippen LogP contribution in [0, 0.1) is 17.0 Å². The first-order valence-corrected chi connectivity index (χ1v) is 7.33. The average Bonchev–Trinajstić information content (AvgIpc) is 2.55. The lowest BCUT2D eigenvalue weighted by Gasteiger charge is -2.10. The Morgan fingerprint density at radius 1 is 1.13 bits per heavy atom. The molecule has 0 unspecified atom stereocenters. The second-order valence-electron chi connectivity index (χ2n) is 5.25. The minimum absolute atomic E-state index is 0.151. The SMILES string of the molecule is Cc1cccc2ncnc(NCCc3ccccc3[N+](=O)[O-])c12. The molecule has 1 heterocycles. The number of nitrogens with one attached hydrogen (secondary N) is 1. The van der Waals surface area contributed by atoms with E-state index in [4.69, 9.17) is 0 Å². The Morgan fingerprint density at radius 2 is 1.96 bits per heavy atom. The van der Waals surface area contributed by atoms with Gasteiger partial charge in [-0.15, -0.1) is 0 Å². The number of nitrogens with zero attached hydrogens (tertiary/aromatic N) is 3. The normalized spacial score (nSPS) is 10.7. The molecule has 0 aliphatic heterocycles. The van der Waals surface area contributed by atoms with E-state index in [-0.39, 0.29) is 10.6 Å². The molecule has 1 N–H and O–H groups in total. The van der Waals surface area contributed by atoms with Crippen LogP contribution in [0.5, 0.6) is 0 Å². The van der Waals surface area contributed by atoms with E-state index in [9.17, 15) is 10.1 Å². The van der Waals surface area contributed by atoms with Crippen molar-refractivity contribution in [1.82, 2.24) is 9.97 Å². The maximum absolute atomic E-state index is 11.0. The van der Waals surface area contributed by atoms with Crippen LogP contribution >= 0.6 is 0 Å². The first-order valence-electron chi connectivity index (χ1n) is 7.33. The van der Waals surface area contributed by atoms with Gasteiger partial charge in [0, 0.05) is 23.6 Å². The number of para-hydroxylation sites is 1. The third-order valence-electron chi connectivity index (χ3n) is 3.75. The Labute approximate surface area is 133 Å². The van der Waals surface area contributed by atoms with Crippen molar-refractivity contribution in [3.05, 3.63) is 70.0 Å². The fourth-order valence-corrected chi connectivity index (χ4v) is 2.63. The molecule has 0 aliphatic carbocycles. The Morgan fingerprint density at radius 3 is 2.78 bits per heavy atom. The summed E-state index contributed by atoms with van der Waals surface area (Å²) in [6.07, 6.45) is 2.07. The number of rotatable bonds is 5. The molecule has 0 fully saturated rings. The summed E-state index contributed by atoms with van der Waals surface area (Å²) in [5.74, 6) is 0.756. The van der Waals surface area contributed by atoms with Crippen molar-refractivity contribution in [1.29, 1.82) is 0 Å². The third-order valence-corrected chi connectivity index (χ3v) is 3.75. The predicted molar refractivity (Wildman–Crippen MR) is 89.6 cm³/mol. The maximum atomic E-state index is 11.0. The number of fused-ring (bicyclic) bond motifs is 1. The van der Waals surface area contributed by atoms with Gasteiger partial charge < -0.3 is 5.32 Å². The smallest absolute Gasteiger partial charge is 0.272 e. The molecular weight excluding hydrogens is 292 g/mol. The average molecular weight is 308 g/mol. The number of aromatic nitrogens is 2. The summed E-state index contributed by atoms with van der Waals surface area (Å²) in [4.78, 5) is 19.3. The van der Waals surface area contributed by atoms with E-state index in [2.05, 4.69) is 15.3 Å². The van der Waals surface area contributed by atoms with E-state index in [0.29, 0.717) is 18.5 Å². The van der Waals surface area contributed by atoms with Crippen molar-refractivity contribution >= 4 is 22.4 Å². The zero-order valence-electron chi connectivity index (χ0n) is 12.7. The summed E-state index contributed by atoms with van der Waals surface area (Å²) in [7, 11) is 0. The molecule has 23 heavy (non-hydrogen) atoms. The molecule has 0 saturated heterocycles. The molecule has 0 atom stereocenters. The van der Waals surface area contributed by atoms with Crippen LogP contribution in [0.3, 0.4) is 0 Å². The number of nitro groups is 1. The number of hydrogen-bond acceptors (Lipinski definition) is 5. The van der Waals surface area contributed by atoms with Crippen LogP contribution in [-0.2, 0) is 6.42 Å². The topological polar surface area (TPSA) is 81.0 Å². The van der Waals surface area contributed by atoms with Crippen LogP contribution in [0.15, 0.2) is 48.8 Å². The molecule has 0 saturated carbocycles. The quantitative estimate of drug-likeness (QED) is 0.576. The van der Waals surface area contributed by atoms with Crippen LogP contribution in [-0.4, -0.2) is 21.4 Å². The van der Waals surface area contributed by atoms with Gasteiger partial charge in [-0.1, -0.05) is 30.3 Å². The van der Waals surface area contributed by atoms with E-state index in [0.717, 1.165) is 22.3 Å². The molecule has 1 aromatic heterocycles. The lowest BCUT2D eigenvalue weighted by Crippen LogP contribution is -2.08. The van der Waals surface area contributed by atoms with E-state index < -0.39 is 0 Å². The zero-order valence-corrected chi connectivity index (χ0v) is 12.7. The van der Waals surface area contributed by atoms with Crippen molar-refractivity contribution in [3.63, 3.8) is 0 Å². The van der Waals surface area contributed by atoms with Gasteiger partial charge in [-0.3, -0.25) is 10.1 Å². The van der Waals surface area contributed by atoms with Crippen molar-refractivity contribution < 1.29 is 4.92 Å². The summed E-state index contributed by atoms with van der Waals surface area (Å²) in [6, 6.07) is 12.7. The lowest BCUT2D eigenvalue weighted by molar-refractivity contribution is -0.385. The lowest BCUT2D eigenvalue weighted by atomic mass is 10.1. The summed E-state index contributed by atoms with van der Waals surface area (Å²) >= 11 is 0. The molecule has 0 spiro atoms. The van der Waals surface area contributed by atoms with Crippen molar-refractivity contribution in [3.8, 4) is 0 Å². The Hall–Kier alpha value is -3.02. The van der Waals surface area contributed by atoms with Gasteiger partial charge in [0.25, 0.3) is 5.69 Å². The van der Waals surface area contributed by atoms with Gasteiger partial charge >= 0.3 is 0 Å². The van der Waals surface area contributed by atoms with E-state index in [1.165, 1.54) is 12.4 Å². The second-order valence-corrected chi connectivity index (χ2v) is 5.25. The van der Waals surface area contributed by atoms with Crippen LogP contribution in [0.2, 0.25) is 0 Å². The summed E-state index contributed by atoms with van der Waals surface area (Å²) < 4.78 is 0. The van der Waals surface area contributed by atoms with Gasteiger partial charge in [0.15, 0.2) is 0 Å². The minimum Gasteiger partial charge on any atom is -0.369 e. The van der Waals surface area contributed by atoms with Gasteiger partial charge in [0.05, 0.1) is 10.4 Å². The number of anilines is 1. The van der Waals surface area contributed by atoms with Gasteiger partial charge in [-0.05, 0) is 25.0 Å². The van der Waals surface area contributed by atoms with Gasteiger partial charge in [-0.25, -0.2) is 9.97 Å². The number of aryl methyl sites for hydroxylation is 1. The van der Waals surface area contributed by atoms with Gasteiger partial charge in [-0.2, -0.15) is 0 Å². The maximum Gasteiger partial charge on any atom is 0.272 e. The summed E-state index contributed by atoms with van der Waals surface area (Å²) in [5.41, 5.74) is 2.84. The molecule has 6 heteroatoms. The van der Waals surface area contributed by atoms with E-state index >= 15 is 0 Å². The number of nitro benzene ring substituents is 1. The third kappa shape index (κ3) is 3.11. The largest absolute Gasteiger partial charge is 0.369 e. The Kier molecular flexibility index (Phi) is 4.14. The molecular formula is C17H16N4O2. The van der Waals surface area contributed by atoms with Crippen LogP contribution in [0.1, 0.15) is 11.1 Å². The van der Waals surface area contributed by atoms with E-state index in [1.54, 1.807) is 12.1 Å². The second kappa shape index (κ2) is 6.39. The summed E-state index contributed by atoms with van der Waals surface area (Å²) in [5, 5.41) is 15.3. The monoisotopic (exact) mass is 308 g/mol. The molecule has 6 nitrogen and oxygen atoms in total. The number of benzene rings is 2. The first-order chi connectivity index (χ1) is 11.2. The molecule has 0 radical (unpaired) electrons. The molecule has 0 bridgehead atoms. The highest BCUT2D eigenvalue weighted by Gasteiger charge is 2.12. The van der Waals surface area contributed by atoms with Crippen molar-refractivity contribution in [2.45, 2.75) is 13.3 Å². The highest BCUT2D eigenvalue weighted by molar-refractivity contribution is 5.91. The van der Waals surface area contributed by atoms with E-state index in [1.807, 2.05) is 31.2 Å². The highest BCUT2D eigenvalue weighted by Crippen LogP contribution is 2.23. The number of hydrogen-bond donors (Lipinski definition) is 1. The predicted octanol–water partition coefficient (Wildman–Crippen LogP) is 3.50. The fourth-order valence-electron chi connectivity index (χ4n) is 2.63. The highest BCUT2D eigenvalue weighted by atomic mass is 16.6. The molecule has 3 rings (SSSR count).